The van der Waals surface area contributed by atoms with Crippen LogP contribution >= 0.6 is 0 Å². The first kappa shape index (κ1) is 16.3. The number of nitrogens with one attached hydrogen (secondary N) is 1. The Hall–Kier alpha value is -2.11. The molecule has 1 aliphatic heterocycles. The van der Waals surface area contributed by atoms with Crippen molar-refractivity contribution in [1.29, 1.82) is 0 Å². The zero-order valence-corrected chi connectivity index (χ0v) is 13.5. The Morgan fingerprint density at radius 3 is 2.41 bits per heavy atom. The fourth-order valence-electron chi connectivity index (χ4n) is 2.49. The Labute approximate surface area is 131 Å². The summed E-state index contributed by atoms with van der Waals surface area (Å²) in [5.74, 6) is 1.03. The van der Waals surface area contributed by atoms with Crippen molar-refractivity contribution in [2.75, 3.05) is 36.4 Å². The third-order valence-electron chi connectivity index (χ3n) is 3.70. The molecule has 2 rings (SSSR count). The topological polar surface area (TPSA) is 65.5 Å². The van der Waals surface area contributed by atoms with E-state index in [1.165, 1.54) is 0 Å². The van der Waals surface area contributed by atoms with Gasteiger partial charge >= 0.3 is 0 Å². The summed E-state index contributed by atoms with van der Waals surface area (Å²) < 4.78 is 0. The molecule has 0 saturated carbocycles. The van der Waals surface area contributed by atoms with Gasteiger partial charge in [0.25, 0.3) is 0 Å². The number of rotatable bonds is 4. The second-order valence-corrected chi connectivity index (χ2v) is 6.04. The molecule has 2 amide bonds. The lowest BCUT2D eigenvalue weighted by molar-refractivity contribution is -0.129. The number of nitrogens with zero attached hydrogens (tertiary/aromatic N) is 3. The van der Waals surface area contributed by atoms with Gasteiger partial charge in [0.05, 0.1) is 11.9 Å². The van der Waals surface area contributed by atoms with Crippen LogP contribution in [0.25, 0.3) is 0 Å². The molecule has 0 aromatic carbocycles. The average Bonchev–Trinajstić information content (AvgIpc) is 2.47. The fourth-order valence-corrected chi connectivity index (χ4v) is 2.49. The molecule has 1 aliphatic rings. The first-order chi connectivity index (χ1) is 10.5. The first-order valence-electron chi connectivity index (χ1n) is 7.72. The van der Waals surface area contributed by atoms with Crippen molar-refractivity contribution in [1.82, 2.24) is 9.88 Å². The predicted molar refractivity (Wildman–Crippen MR) is 86.8 cm³/mol. The summed E-state index contributed by atoms with van der Waals surface area (Å²) in [6.07, 6.45) is 2.27. The largest absolute Gasteiger partial charge is 0.367 e. The molecule has 0 bridgehead atoms. The molecule has 1 aromatic rings. The highest BCUT2D eigenvalue weighted by atomic mass is 16.2. The molecule has 1 fully saturated rings. The van der Waals surface area contributed by atoms with E-state index in [9.17, 15) is 9.59 Å². The van der Waals surface area contributed by atoms with E-state index in [0.717, 1.165) is 31.9 Å². The zero-order chi connectivity index (χ0) is 16.1. The third-order valence-corrected chi connectivity index (χ3v) is 3.70. The lowest BCUT2D eigenvalue weighted by Crippen LogP contribution is -2.48. The number of pyridine rings is 1. The number of carbonyl (C=O) groups is 2. The number of hydrogen-bond donors (Lipinski definition) is 1. The maximum absolute atomic E-state index is 11.7. The van der Waals surface area contributed by atoms with Gasteiger partial charge in [0.2, 0.25) is 11.8 Å². The molecule has 0 atom stereocenters. The van der Waals surface area contributed by atoms with Crippen molar-refractivity contribution < 1.29 is 9.59 Å². The fraction of sp³-hybridized carbons (Fsp3) is 0.562. The van der Waals surface area contributed by atoms with E-state index in [1.54, 1.807) is 13.1 Å². The van der Waals surface area contributed by atoms with E-state index in [1.807, 2.05) is 30.9 Å². The van der Waals surface area contributed by atoms with Crippen LogP contribution in [0.1, 0.15) is 27.2 Å². The van der Waals surface area contributed by atoms with E-state index in [4.69, 9.17) is 0 Å². The molecule has 0 unspecified atom stereocenters. The highest BCUT2D eigenvalue weighted by Gasteiger charge is 2.19. The van der Waals surface area contributed by atoms with Gasteiger partial charge in [0.1, 0.15) is 5.82 Å². The van der Waals surface area contributed by atoms with Gasteiger partial charge in [-0.3, -0.25) is 9.59 Å². The maximum atomic E-state index is 11.7. The van der Waals surface area contributed by atoms with Crippen LogP contribution in [0, 0.1) is 5.92 Å². The van der Waals surface area contributed by atoms with E-state index in [0.29, 0.717) is 18.2 Å². The summed E-state index contributed by atoms with van der Waals surface area (Å²) in [5.41, 5.74) is 1.02. The monoisotopic (exact) mass is 304 g/mol. The van der Waals surface area contributed by atoms with Crippen molar-refractivity contribution in [3.05, 3.63) is 18.3 Å². The molecule has 22 heavy (non-hydrogen) atoms. The third kappa shape index (κ3) is 4.44. The van der Waals surface area contributed by atoms with Crippen LogP contribution < -0.4 is 10.2 Å². The molecule has 0 radical (unpaired) electrons. The van der Waals surface area contributed by atoms with Gasteiger partial charge in [-0.15, -0.1) is 0 Å². The number of aromatic nitrogens is 1. The Bertz CT molecular complexity index is 519. The molecule has 1 saturated heterocycles. The quantitative estimate of drug-likeness (QED) is 0.920. The minimum absolute atomic E-state index is 0.00896. The average molecular weight is 304 g/mol. The Morgan fingerprint density at radius 1 is 1.23 bits per heavy atom. The SMILES string of the molecule is CC(=O)N1CCN(c2ccc(NC(=O)CC(C)C)nc2)CC1. The van der Waals surface area contributed by atoms with Gasteiger partial charge in [0, 0.05) is 39.5 Å². The summed E-state index contributed by atoms with van der Waals surface area (Å²) in [4.78, 5) is 31.4. The van der Waals surface area contributed by atoms with Gasteiger partial charge in [0.15, 0.2) is 0 Å². The van der Waals surface area contributed by atoms with E-state index >= 15 is 0 Å². The summed E-state index contributed by atoms with van der Waals surface area (Å²) >= 11 is 0. The molecule has 1 N–H and O–H groups in total. The van der Waals surface area contributed by atoms with Crippen LogP contribution in [0.2, 0.25) is 0 Å². The number of hydrogen-bond acceptors (Lipinski definition) is 4. The Kier molecular flexibility index (Phi) is 5.35. The lowest BCUT2D eigenvalue weighted by Gasteiger charge is -2.35. The highest BCUT2D eigenvalue weighted by molar-refractivity contribution is 5.89. The Balaban J connectivity index is 1.90. The van der Waals surface area contributed by atoms with Crippen molar-refractivity contribution in [2.24, 2.45) is 5.92 Å². The number of piperazine rings is 1. The summed E-state index contributed by atoms with van der Waals surface area (Å²) in [5, 5.41) is 2.80. The molecule has 1 aromatic heterocycles. The van der Waals surface area contributed by atoms with Crippen LogP contribution in [0.15, 0.2) is 18.3 Å². The Morgan fingerprint density at radius 2 is 1.91 bits per heavy atom. The number of anilines is 2. The highest BCUT2D eigenvalue weighted by Crippen LogP contribution is 2.17. The predicted octanol–water partition coefficient (Wildman–Crippen LogP) is 1.73. The number of carbonyl (C=O) groups excluding carboxylic acids is 2. The van der Waals surface area contributed by atoms with Crippen LogP contribution in [-0.2, 0) is 9.59 Å². The smallest absolute Gasteiger partial charge is 0.225 e. The van der Waals surface area contributed by atoms with Crippen molar-refractivity contribution >= 4 is 23.3 Å². The first-order valence-corrected chi connectivity index (χ1v) is 7.72. The van der Waals surface area contributed by atoms with Crippen LogP contribution in [0.5, 0.6) is 0 Å². The van der Waals surface area contributed by atoms with Gasteiger partial charge < -0.3 is 15.1 Å². The van der Waals surface area contributed by atoms with Crippen molar-refractivity contribution in [3.63, 3.8) is 0 Å². The molecule has 6 nitrogen and oxygen atoms in total. The van der Waals surface area contributed by atoms with E-state index in [2.05, 4.69) is 15.2 Å². The van der Waals surface area contributed by atoms with Crippen molar-refractivity contribution in [2.45, 2.75) is 27.2 Å². The van der Waals surface area contributed by atoms with E-state index in [-0.39, 0.29) is 11.8 Å². The summed E-state index contributed by atoms with van der Waals surface area (Å²) in [6.45, 7) is 8.71. The van der Waals surface area contributed by atoms with E-state index < -0.39 is 0 Å². The van der Waals surface area contributed by atoms with Gasteiger partial charge in [-0.2, -0.15) is 0 Å². The second kappa shape index (κ2) is 7.24. The van der Waals surface area contributed by atoms with Gasteiger partial charge in [-0.05, 0) is 18.1 Å². The summed E-state index contributed by atoms with van der Waals surface area (Å²) in [6, 6.07) is 3.78. The minimum atomic E-state index is -0.00896. The molecule has 0 aliphatic carbocycles. The molecule has 6 heteroatoms. The number of amides is 2. The molecular weight excluding hydrogens is 280 g/mol. The molecular formula is C16H24N4O2. The zero-order valence-electron chi connectivity index (χ0n) is 13.5. The van der Waals surface area contributed by atoms with Crippen molar-refractivity contribution in [3.8, 4) is 0 Å². The van der Waals surface area contributed by atoms with Gasteiger partial charge in [-0.25, -0.2) is 4.98 Å². The van der Waals surface area contributed by atoms with Gasteiger partial charge in [-0.1, -0.05) is 13.8 Å². The second-order valence-electron chi connectivity index (χ2n) is 6.04. The normalized spacial score (nSPS) is 15.1. The van der Waals surface area contributed by atoms with Crippen LogP contribution in [-0.4, -0.2) is 47.9 Å². The molecule has 0 spiro atoms. The summed E-state index contributed by atoms with van der Waals surface area (Å²) in [7, 11) is 0. The lowest BCUT2D eigenvalue weighted by atomic mass is 10.1. The molecule has 120 valence electrons. The standard InChI is InChI=1S/C16H24N4O2/c1-12(2)10-16(22)18-15-5-4-14(11-17-15)20-8-6-19(7-9-20)13(3)21/h4-5,11-12H,6-10H2,1-3H3,(H,17,18,22). The molecule has 2 heterocycles. The minimum Gasteiger partial charge on any atom is -0.367 e. The van der Waals surface area contributed by atoms with Crippen LogP contribution in [0.4, 0.5) is 11.5 Å². The maximum Gasteiger partial charge on any atom is 0.225 e. The van der Waals surface area contributed by atoms with Crippen LogP contribution in [0.3, 0.4) is 0 Å².